The molecular weight excluding hydrogens is 256 g/mol. The lowest BCUT2D eigenvalue weighted by Gasteiger charge is -2.20. The van der Waals surface area contributed by atoms with Crippen LogP contribution in [0.3, 0.4) is 0 Å². The van der Waals surface area contributed by atoms with E-state index in [4.69, 9.17) is 0 Å². The zero-order valence-corrected chi connectivity index (χ0v) is 11.4. The predicted molar refractivity (Wildman–Crippen MR) is 70.9 cm³/mol. The first-order valence-electron chi connectivity index (χ1n) is 5.24. The van der Waals surface area contributed by atoms with Crippen molar-refractivity contribution in [2.45, 2.75) is 11.8 Å². The SMILES string of the molecule is CSC1=NCCN1S(=O)(=O)c1ccccc1C. The number of aryl methyl sites for hydroxylation is 1. The van der Waals surface area contributed by atoms with Crippen molar-refractivity contribution in [2.75, 3.05) is 19.3 Å². The van der Waals surface area contributed by atoms with Crippen LogP contribution in [0.4, 0.5) is 0 Å². The number of hydrogen-bond acceptors (Lipinski definition) is 4. The third kappa shape index (κ3) is 2.19. The van der Waals surface area contributed by atoms with Crippen molar-refractivity contribution in [1.29, 1.82) is 0 Å². The van der Waals surface area contributed by atoms with Crippen molar-refractivity contribution in [3.05, 3.63) is 29.8 Å². The zero-order valence-electron chi connectivity index (χ0n) is 9.75. The van der Waals surface area contributed by atoms with Gasteiger partial charge in [0, 0.05) is 0 Å². The van der Waals surface area contributed by atoms with E-state index in [9.17, 15) is 8.42 Å². The smallest absolute Gasteiger partial charge is 0.260 e. The average Bonchev–Trinajstić information content (AvgIpc) is 2.78. The highest BCUT2D eigenvalue weighted by molar-refractivity contribution is 8.14. The van der Waals surface area contributed by atoms with Crippen LogP contribution in [-0.4, -0.2) is 37.2 Å². The summed E-state index contributed by atoms with van der Waals surface area (Å²) in [5.41, 5.74) is 0.764. The van der Waals surface area contributed by atoms with Crippen molar-refractivity contribution < 1.29 is 8.42 Å². The molecule has 1 aromatic carbocycles. The van der Waals surface area contributed by atoms with E-state index in [0.717, 1.165) is 5.56 Å². The van der Waals surface area contributed by atoms with E-state index in [2.05, 4.69) is 4.99 Å². The zero-order chi connectivity index (χ0) is 12.5. The lowest BCUT2D eigenvalue weighted by Crippen LogP contribution is -2.33. The van der Waals surface area contributed by atoms with E-state index >= 15 is 0 Å². The van der Waals surface area contributed by atoms with Gasteiger partial charge in [-0.2, -0.15) is 0 Å². The summed E-state index contributed by atoms with van der Waals surface area (Å²) in [5.74, 6) is 0. The number of thioether (sulfide) groups is 1. The number of hydrogen-bond donors (Lipinski definition) is 0. The average molecular weight is 270 g/mol. The van der Waals surface area contributed by atoms with Crippen molar-refractivity contribution in [1.82, 2.24) is 4.31 Å². The molecule has 2 rings (SSSR count). The molecule has 1 aliphatic rings. The molecule has 0 bridgehead atoms. The maximum Gasteiger partial charge on any atom is 0.266 e. The van der Waals surface area contributed by atoms with E-state index in [1.165, 1.54) is 16.1 Å². The maximum absolute atomic E-state index is 12.5. The van der Waals surface area contributed by atoms with Gasteiger partial charge < -0.3 is 0 Å². The van der Waals surface area contributed by atoms with Gasteiger partial charge in [0.25, 0.3) is 10.0 Å². The fourth-order valence-electron chi connectivity index (χ4n) is 1.76. The second kappa shape index (κ2) is 4.70. The fourth-order valence-corrected chi connectivity index (χ4v) is 4.35. The van der Waals surface area contributed by atoms with E-state index in [1.807, 2.05) is 12.3 Å². The van der Waals surface area contributed by atoms with E-state index < -0.39 is 10.0 Å². The van der Waals surface area contributed by atoms with E-state index in [-0.39, 0.29) is 0 Å². The van der Waals surface area contributed by atoms with Crippen LogP contribution in [-0.2, 0) is 10.0 Å². The summed E-state index contributed by atoms with van der Waals surface area (Å²) in [6.45, 7) is 2.78. The van der Waals surface area contributed by atoms with Crippen molar-refractivity contribution in [3.63, 3.8) is 0 Å². The largest absolute Gasteiger partial charge is 0.266 e. The van der Waals surface area contributed by atoms with Crippen molar-refractivity contribution in [3.8, 4) is 0 Å². The van der Waals surface area contributed by atoms with Crippen LogP contribution >= 0.6 is 11.8 Å². The summed E-state index contributed by atoms with van der Waals surface area (Å²) in [5, 5.41) is 0.577. The third-order valence-corrected chi connectivity index (χ3v) is 5.39. The Morgan fingerprint density at radius 2 is 2.06 bits per heavy atom. The quantitative estimate of drug-likeness (QED) is 0.822. The number of nitrogens with zero attached hydrogens (tertiary/aromatic N) is 2. The Bertz CT molecular complexity index is 552. The molecule has 4 nitrogen and oxygen atoms in total. The Morgan fingerprint density at radius 1 is 1.35 bits per heavy atom. The van der Waals surface area contributed by atoms with E-state index in [1.54, 1.807) is 25.1 Å². The number of sulfonamides is 1. The molecule has 6 heteroatoms. The van der Waals surface area contributed by atoms with Gasteiger partial charge in [-0.05, 0) is 24.8 Å². The summed E-state index contributed by atoms with van der Waals surface area (Å²) in [7, 11) is -3.45. The van der Waals surface area contributed by atoms with Crippen molar-refractivity contribution >= 4 is 27.0 Å². The standard InChI is InChI=1S/C11H14N2O2S2/c1-9-5-3-4-6-10(9)17(14,15)13-8-7-12-11(13)16-2/h3-6H,7-8H2,1-2H3. The minimum absolute atomic E-state index is 0.364. The maximum atomic E-state index is 12.5. The number of amidine groups is 1. The second-order valence-corrected chi connectivity index (χ2v) is 6.32. The lowest BCUT2D eigenvalue weighted by molar-refractivity contribution is 0.539. The van der Waals surface area contributed by atoms with Crippen LogP contribution in [0.5, 0.6) is 0 Å². The Balaban J connectivity index is 2.45. The Hall–Kier alpha value is -1.01. The van der Waals surface area contributed by atoms with Crippen LogP contribution in [0.15, 0.2) is 34.2 Å². The molecule has 0 amide bonds. The van der Waals surface area contributed by atoms with Gasteiger partial charge >= 0.3 is 0 Å². The molecule has 0 aromatic heterocycles. The molecule has 0 radical (unpaired) electrons. The topological polar surface area (TPSA) is 49.7 Å². The molecule has 0 spiro atoms. The summed E-state index contributed by atoms with van der Waals surface area (Å²) in [4.78, 5) is 4.55. The molecule has 0 aliphatic carbocycles. The highest BCUT2D eigenvalue weighted by Crippen LogP contribution is 2.24. The number of benzene rings is 1. The highest BCUT2D eigenvalue weighted by atomic mass is 32.2. The summed E-state index contributed by atoms with van der Waals surface area (Å²) < 4.78 is 26.3. The minimum atomic E-state index is -3.45. The monoisotopic (exact) mass is 270 g/mol. The molecule has 0 atom stereocenters. The molecule has 1 aromatic rings. The molecule has 17 heavy (non-hydrogen) atoms. The molecule has 0 saturated heterocycles. The van der Waals surface area contributed by atoms with Crippen LogP contribution in [0, 0.1) is 6.92 Å². The van der Waals surface area contributed by atoms with Gasteiger partial charge in [-0.3, -0.25) is 4.99 Å². The lowest BCUT2D eigenvalue weighted by atomic mass is 10.2. The van der Waals surface area contributed by atoms with Gasteiger partial charge in [0.15, 0.2) is 5.17 Å². The molecule has 0 unspecified atom stereocenters. The summed E-state index contributed by atoms with van der Waals surface area (Å²) in [6.07, 6.45) is 1.84. The molecule has 0 N–H and O–H groups in total. The molecule has 0 fully saturated rings. The predicted octanol–water partition coefficient (Wildman–Crippen LogP) is 1.72. The van der Waals surface area contributed by atoms with Gasteiger partial charge in [-0.25, -0.2) is 12.7 Å². The van der Waals surface area contributed by atoms with Crippen LogP contribution in [0.2, 0.25) is 0 Å². The molecular formula is C11H14N2O2S2. The summed E-state index contributed by atoms with van der Waals surface area (Å²) >= 11 is 1.36. The van der Waals surface area contributed by atoms with E-state index in [0.29, 0.717) is 23.2 Å². The Kier molecular flexibility index (Phi) is 3.44. The first-order valence-corrected chi connectivity index (χ1v) is 7.90. The minimum Gasteiger partial charge on any atom is -0.260 e. The first kappa shape index (κ1) is 12.4. The highest BCUT2D eigenvalue weighted by Gasteiger charge is 2.30. The number of aliphatic imine (C=N–C) groups is 1. The molecule has 0 saturated carbocycles. The van der Waals surface area contributed by atoms with Gasteiger partial charge in [0.1, 0.15) is 0 Å². The molecule has 1 aliphatic heterocycles. The van der Waals surface area contributed by atoms with Gasteiger partial charge in [-0.1, -0.05) is 30.0 Å². The first-order chi connectivity index (χ1) is 8.07. The van der Waals surface area contributed by atoms with Gasteiger partial charge in [0.2, 0.25) is 0 Å². The van der Waals surface area contributed by atoms with Crippen LogP contribution in [0.25, 0.3) is 0 Å². The number of rotatable bonds is 2. The van der Waals surface area contributed by atoms with Gasteiger partial charge in [0.05, 0.1) is 18.0 Å². The van der Waals surface area contributed by atoms with Crippen LogP contribution in [0.1, 0.15) is 5.56 Å². The second-order valence-electron chi connectivity index (χ2n) is 3.71. The Labute approximate surface area is 106 Å². The van der Waals surface area contributed by atoms with Gasteiger partial charge in [-0.15, -0.1) is 0 Å². The Morgan fingerprint density at radius 3 is 2.71 bits per heavy atom. The molecule has 1 heterocycles. The normalized spacial score (nSPS) is 16.1. The third-order valence-electron chi connectivity index (χ3n) is 2.61. The van der Waals surface area contributed by atoms with Crippen LogP contribution < -0.4 is 0 Å². The van der Waals surface area contributed by atoms with Crippen molar-refractivity contribution in [2.24, 2.45) is 4.99 Å². The fraction of sp³-hybridized carbons (Fsp3) is 0.364. The molecule has 92 valence electrons. The summed E-state index contributed by atoms with van der Waals surface area (Å²) in [6, 6.07) is 7.02.